The third-order valence-corrected chi connectivity index (χ3v) is 7.58. The van der Waals surface area contributed by atoms with Gasteiger partial charge in [0.2, 0.25) is 0 Å². The van der Waals surface area contributed by atoms with E-state index >= 15 is 0 Å². The van der Waals surface area contributed by atoms with Crippen LogP contribution in [0, 0.1) is 6.92 Å². The average molecular weight is 538 g/mol. The molecule has 7 rings (SSSR count). The standard InChI is InChI=1S/C29H27N7O4/c1-17-9-18(3-6-26(17)40-20-4-5-24-23(10-20)32-16-34(24)2)33-28-21-11-25-27(12-22(21)30-15-31-28)39-14-19-13-35(25)7-8-36(19)29(37)38/h3-6,9-12,15-16,19H,7-8,13-14H2,1-2H3,(H,37,38)(H,30,31,33)/t19-/m0/s1. The molecule has 2 bridgehead atoms. The molecule has 3 aromatic carbocycles. The van der Waals surface area contributed by atoms with Gasteiger partial charge in [0.1, 0.15) is 36.0 Å². The first-order valence-electron chi connectivity index (χ1n) is 13.1. The van der Waals surface area contributed by atoms with Crippen molar-refractivity contribution in [1.82, 2.24) is 24.4 Å². The molecule has 4 heterocycles. The van der Waals surface area contributed by atoms with Crippen molar-refractivity contribution in [2.45, 2.75) is 13.0 Å². The van der Waals surface area contributed by atoms with Crippen LogP contribution in [0.2, 0.25) is 0 Å². The van der Waals surface area contributed by atoms with Crippen LogP contribution in [0.25, 0.3) is 21.9 Å². The number of imidazole rings is 1. The number of fused-ring (bicyclic) bond motifs is 6. The van der Waals surface area contributed by atoms with Gasteiger partial charge in [-0.1, -0.05) is 0 Å². The molecule has 2 aliphatic rings. The summed E-state index contributed by atoms with van der Waals surface area (Å²) in [5.74, 6) is 2.86. The number of carbonyl (C=O) groups is 1. The molecule has 0 saturated carbocycles. The number of benzene rings is 3. The number of hydrogen-bond donors (Lipinski definition) is 2. The van der Waals surface area contributed by atoms with Gasteiger partial charge in [-0.05, 0) is 48.9 Å². The number of amides is 1. The van der Waals surface area contributed by atoms with Gasteiger partial charge in [-0.2, -0.15) is 0 Å². The van der Waals surface area contributed by atoms with Crippen molar-refractivity contribution in [3.05, 3.63) is 66.7 Å². The molecule has 2 aromatic heterocycles. The fraction of sp³-hybridized carbons (Fsp3) is 0.241. The molecule has 1 fully saturated rings. The first kappa shape index (κ1) is 24.0. The number of aromatic nitrogens is 4. The maximum Gasteiger partial charge on any atom is 0.407 e. The minimum absolute atomic E-state index is 0.222. The van der Waals surface area contributed by atoms with E-state index in [0.717, 1.165) is 50.4 Å². The highest BCUT2D eigenvalue weighted by atomic mass is 16.5. The van der Waals surface area contributed by atoms with Crippen LogP contribution in [0.5, 0.6) is 17.2 Å². The van der Waals surface area contributed by atoms with E-state index in [1.807, 2.05) is 67.1 Å². The normalized spacial score (nSPS) is 16.4. The number of anilines is 3. The Labute approximate surface area is 229 Å². The van der Waals surface area contributed by atoms with Gasteiger partial charge in [-0.25, -0.2) is 19.7 Å². The molecule has 1 amide bonds. The highest BCUT2D eigenvalue weighted by molar-refractivity contribution is 5.95. The van der Waals surface area contributed by atoms with E-state index in [1.165, 1.54) is 11.2 Å². The molecule has 2 aliphatic heterocycles. The Hall–Kier alpha value is -5.06. The molecule has 1 saturated heterocycles. The average Bonchev–Trinajstić information content (AvgIpc) is 3.26. The molecule has 0 spiro atoms. The minimum Gasteiger partial charge on any atom is -0.489 e. The van der Waals surface area contributed by atoms with Crippen LogP contribution in [0.3, 0.4) is 0 Å². The number of nitrogens with zero attached hydrogens (tertiary/aromatic N) is 6. The lowest BCUT2D eigenvalue weighted by Crippen LogP contribution is -2.56. The van der Waals surface area contributed by atoms with E-state index in [4.69, 9.17) is 9.47 Å². The molecule has 0 radical (unpaired) electrons. The summed E-state index contributed by atoms with van der Waals surface area (Å²) in [6.07, 6.45) is 2.40. The monoisotopic (exact) mass is 537 g/mol. The molecule has 202 valence electrons. The van der Waals surface area contributed by atoms with E-state index < -0.39 is 6.09 Å². The third-order valence-electron chi connectivity index (χ3n) is 7.58. The van der Waals surface area contributed by atoms with Crippen LogP contribution in [0.1, 0.15) is 5.56 Å². The van der Waals surface area contributed by atoms with Crippen LogP contribution in [-0.4, -0.2) is 67.9 Å². The highest BCUT2D eigenvalue weighted by Crippen LogP contribution is 2.39. The lowest BCUT2D eigenvalue weighted by Gasteiger charge is -2.38. The quantitative estimate of drug-likeness (QED) is 0.329. The van der Waals surface area contributed by atoms with Crippen molar-refractivity contribution < 1.29 is 19.4 Å². The van der Waals surface area contributed by atoms with E-state index in [9.17, 15) is 9.90 Å². The molecule has 2 N–H and O–H groups in total. The Bertz CT molecular complexity index is 1790. The maximum absolute atomic E-state index is 11.6. The predicted octanol–water partition coefficient (Wildman–Crippen LogP) is 4.92. The zero-order valence-electron chi connectivity index (χ0n) is 22.0. The molecule has 40 heavy (non-hydrogen) atoms. The van der Waals surface area contributed by atoms with Gasteiger partial charge in [0, 0.05) is 49.9 Å². The van der Waals surface area contributed by atoms with Crippen molar-refractivity contribution in [2.75, 3.05) is 36.5 Å². The first-order valence-corrected chi connectivity index (χ1v) is 13.1. The van der Waals surface area contributed by atoms with Crippen LogP contribution in [-0.2, 0) is 7.05 Å². The topological polar surface area (TPSA) is 118 Å². The van der Waals surface area contributed by atoms with E-state index in [0.29, 0.717) is 37.8 Å². The van der Waals surface area contributed by atoms with Crippen LogP contribution in [0.4, 0.5) is 22.0 Å². The van der Waals surface area contributed by atoms with Crippen LogP contribution < -0.4 is 19.7 Å². The van der Waals surface area contributed by atoms with Crippen LogP contribution >= 0.6 is 0 Å². The fourth-order valence-electron chi connectivity index (χ4n) is 5.47. The van der Waals surface area contributed by atoms with E-state index in [1.54, 1.807) is 6.33 Å². The second-order valence-corrected chi connectivity index (χ2v) is 10.2. The molecular formula is C29H27N7O4. The maximum atomic E-state index is 11.6. The Balaban J connectivity index is 1.15. The molecular weight excluding hydrogens is 510 g/mol. The van der Waals surface area contributed by atoms with Crippen LogP contribution in [0.15, 0.2) is 61.2 Å². The van der Waals surface area contributed by atoms with Crippen molar-refractivity contribution in [1.29, 1.82) is 0 Å². The Morgan fingerprint density at radius 1 is 1.07 bits per heavy atom. The van der Waals surface area contributed by atoms with Gasteiger partial charge in [0.15, 0.2) is 0 Å². The smallest absolute Gasteiger partial charge is 0.407 e. The predicted molar refractivity (Wildman–Crippen MR) is 151 cm³/mol. The van der Waals surface area contributed by atoms with Gasteiger partial charge in [-0.15, -0.1) is 0 Å². The molecule has 5 aromatic rings. The number of rotatable bonds is 4. The number of piperazine rings is 1. The molecule has 0 aliphatic carbocycles. The summed E-state index contributed by atoms with van der Waals surface area (Å²) in [4.78, 5) is 28.7. The first-order chi connectivity index (χ1) is 19.4. The summed E-state index contributed by atoms with van der Waals surface area (Å²) in [6.45, 7) is 3.91. The zero-order valence-corrected chi connectivity index (χ0v) is 22.0. The second-order valence-electron chi connectivity index (χ2n) is 10.2. The van der Waals surface area contributed by atoms with E-state index in [2.05, 4.69) is 25.2 Å². The molecule has 11 heteroatoms. The summed E-state index contributed by atoms with van der Waals surface area (Å²) in [5.41, 5.74) is 5.43. The van der Waals surface area contributed by atoms with Gasteiger partial charge >= 0.3 is 6.09 Å². The van der Waals surface area contributed by atoms with Gasteiger partial charge in [0.05, 0.1) is 34.6 Å². The SMILES string of the molecule is Cc1cc(Nc2ncnc3cc4c(cc23)N2CCN(C(=O)O)[C@H](CO4)C2)ccc1Oc1ccc2c(c1)ncn2C. The largest absolute Gasteiger partial charge is 0.489 e. The number of ether oxygens (including phenoxy) is 2. The van der Waals surface area contributed by atoms with Gasteiger partial charge in [0.25, 0.3) is 0 Å². The third kappa shape index (κ3) is 4.15. The van der Waals surface area contributed by atoms with E-state index in [-0.39, 0.29) is 6.04 Å². The van der Waals surface area contributed by atoms with Crippen molar-refractivity contribution in [3.63, 3.8) is 0 Å². The Morgan fingerprint density at radius 2 is 1.98 bits per heavy atom. The molecule has 11 nitrogen and oxygen atoms in total. The van der Waals surface area contributed by atoms with Gasteiger partial charge in [-0.3, -0.25) is 4.90 Å². The fourth-order valence-corrected chi connectivity index (χ4v) is 5.47. The number of aryl methyl sites for hydroxylation is 2. The minimum atomic E-state index is -0.914. The summed E-state index contributed by atoms with van der Waals surface area (Å²) < 4.78 is 14.2. The van der Waals surface area contributed by atoms with Crippen molar-refractivity contribution >= 4 is 45.2 Å². The zero-order chi connectivity index (χ0) is 27.4. The van der Waals surface area contributed by atoms with Crippen molar-refractivity contribution in [3.8, 4) is 17.2 Å². The second kappa shape index (κ2) is 9.30. The summed E-state index contributed by atoms with van der Waals surface area (Å²) in [5, 5.41) is 13.8. The lowest BCUT2D eigenvalue weighted by atomic mass is 10.1. The van der Waals surface area contributed by atoms with Crippen molar-refractivity contribution in [2.24, 2.45) is 7.05 Å². The summed E-state index contributed by atoms with van der Waals surface area (Å²) >= 11 is 0. The lowest BCUT2D eigenvalue weighted by molar-refractivity contribution is 0.101. The Morgan fingerprint density at radius 3 is 2.83 bits per heavy atom. The Kier molecular flexibility index (Phi) is 5.58. The van der Waals surface area contributed by atoms with Gasteiger partial charge < -0.3 is 29.4 Å². The summed E-state index contributed by atoms with van der Waals surface area (Å²) in [7, 11) is 1.97. The number of carboxylic acid groups (broad SMARTS) is 1. The summed E-state index contributed by atoms with van der Waals surface area (Å²) in [6, 6.07) is 15.5. The number of nitrogens with one attached hydrogen (secondary N) is 1. The number of hydrogen-bond acceptors (Lipinski definition) is 8. The highest BCUT2D eigenvalue weighted by Gasteiger charge is 2.34. The molecule has 0 unspecified atom stereocenters. The molecule has 1 atom stereocenters.